The van der Waals surface area contributed by atoms with Crippen molar-refractivity contribution in [2.24, 2.45) is 0 Å². The molecule has 1 heterocycles. The lowest BCUT2D eigenvalue weighted by molar-refractivity contribution is 0.103. The summed E-state index contributed by atoms with van der Waals surface area (Å²) in [5.74, 6) is 0.379. The minimum absolute atomic E-state index is 0.222. The summed E-state index contributed by atoms with van der Waals surface area (Å²) >= 11 is 11.8. The van der Waals surface area contributed by atoms with Gasteiger partial charge in [0.2, 0.25) is 5.78 Å². The van der Waals surface area contributed by atoms with Crippen molar-refractivity contribution in [3.05, 3.63) is 112 Å². The van der Waals surface area contributed by atoms with Crippen LogP contribution in [0.15, 0.2) is 78.9 Å². The molecular weight excluding hydrogens is 438 g/mol. The molecular formula is C26H22ClN3OS. The lowest BCUT2D eigenvalue weighted by Gasteiger charge is -2.10. The zero-order chi connectivity index (χ0) is 22.7. The number of ketones is 1. The normalized spacial score (nSPS) is 10.7. The van der Waals surface area contributed by atoms with Crippen LogP contribution in [0.4, 0.5) is 17.2 Å². The van der Waals surface area contributed by atoms with Gasteiger partial charge < -0.3 is 16.0 Å². The van der Waals surface area contributed by atoms with Crippen molar-refractivity contribution in [3.8, 4) is 0 Å². The van der Waals surface area contributed by atoms with Crippen LogP contribution in [0.25, 0.3) is 0 Å². The molecule has 0 unspecified atom stereocenters. The van der Waals surface area contributed by atoms with Crippen molar-refractivity contribution in [2.45, 2.75) is 13.3 Å². The Labute approximate surface area is 197 Å². The van der Waals surface area contributed by atoms with E-state index in [0.29, 0.717) is 44.6 Å². The Morgan fingerprint density at radius 2 is 1.66 bits per heavy atom. The number of H-pyrrole nitrogens is 1. The third-order valence-corrected chi connectivity index (χ3v) is 5.78. The van der Waals surface area contributed by atoms with E-state index in [1.807, 2.05) is 61.5 Å². The van der Waals surface area contributed by atoms with Crippen LogP contribution in [-0.2, 0) is 6.42 Å². The maximum atomic E-state index is 13.2. The molecule has 1 aromatic heterocycles. The van der Waals surface area contributed by atoms with E-state index in [2.05, 4.69) is 10.3 Å². The number of carbonyl (C=O) groups is 1. The molecule has 4 aromatic rings. The van der Waals surface area contributed by atoms with Crippen molar-refractivity contribution in [1.82, 2.24) is 4.98 Å². The van der Waals surface area contributed by atoms with E-state index in [4.69, 9.17) is 29.6 Å². The highest BCUT2D eigenvalue weighted by atomic mass is 35.5. The summed E-state index contributed by atoms with van der Waals surface area (Å²) in [7, 11) is 0. The highest BCUT2D eigenvalue weighted by Crippen LogP contribution is 2.32. The van der Waals surface area contributed by atoms with Crippen molar-refractivity contribution in [2.75, 3.05) is 11.1 Å². The molecule has 0 saturated carbocycles. The molecule has 4 N–H and O–H groups in total. The Kier molecular flexibility index (Phi) is 6.40. The molecule has 4 rings (SSSR count). The first-order valence-corrected chi connectivity index (χ1v) is 10.9. The Morgan fingerprint density at radius 1 is 1.00 bits per heavy atom. The van der Waals surface area contributed by atoms with Crippen LogP contribution in [-0.4, -0.2) is 15.6 Å². The van der Waals surface area contributed by atoms with Crippen LogP contribution in [0.2, 0.25) is 5.02 Å². The molecule has 6 heteroatoms. The Morgan fingerprint density at radius 3 is 2.31 bits per heavy atom. The van der Waals surface area contributed by atoms with E-state index < -0.39 is 0 Å². The Balaban J connectivity index is 1.74. The molecule has 0 radical (unpaired) electrons. The van der Waals surface area contributed by atoms with Gasteiger partial charge in [0.15, 0.2) is 0 Å². The van der Waals surface area contributed by atoms with Gasteiger partial charge >= 0.3 is 0 Å². The molecule has 0 spiro atoms. The largest absolute Gasteiger partial charge is 0.396 e. The van der Waals surface area contributed by atoms with Crippen molar-refractivity contribution in [1.29, 1.82) is 0 Å². The fraction of sp³-hybridized carbons (Fsp3) is 0.0769. The first kappa shape index (κ1) is 21.8. The van der Waals surface area contributed by atoms with Gasteiger partial charge in [0.05, 0.1) is 11.3 Å². The standard InChI is InChI=1S/C26H22ClN3OS/c1-16-7-13-20(14-8-16)29-26-22(21(32)15-17-5-3-2-4-6-17)23(28)24(30-26)25(31)18-9-11-19(27)12-10-18/h2-14,29-30H,15,28H2,1H3. The van der Waals surface area contributed by atoms with Crippen molar-refractivity contribution < 1.29 is 4.79 Å². The summed E-state index contributed by atoms with van der Waals surface area (Å²) < 4.78 is 0. The molecule has 4 nitrogen and oxygen atoms in total. The number of nitrogens with one attached hydrogen (secondary N) is 2. The van der Waals surface area contributed by atoms with E-state index in [9.17, 15) is 4.79 Å². The van der Waals surface area contributed by atoms with Crippen LogP contribution in [0.3, 0.4) is 0 Å². The summed E-state index contributed by atoms with van der Waals surface area (Å²) in [6.07, 6.45) is 0.537. The predicted octanol–water partition coefficient (Wildman–Crippen LogP) is 6.49. The first-order valence-electron chi connectivity index (χ1n) is 10.1. The van der Waals surface area contributed by atoms with Gasteiger partial charge in [-0.3, -0.25) is 4.79 Å². The number of aromatic nitrogens is 1. The molecule has 0 aliphatic carbocycles. The number of carbonyl (C=O) groups excluding carboxylic acids is 1. The number of aryl methyl sites for hydroxylation is 1. The van der Waals surface area contributed by atoms with Crippen molar-refractivity contribution in [3.63, 3.8) is 0 Å². The number of thiocarbonyl (C=S) groups is 1. The Hall–Kier alpha value is -3.41. The lowest BCUT2D eigenvalue weighted by atomic mass is 10.0. The van der Waals surface area contributed by atoms with E-state index in [0.717, 1.165) is 16.8 Å². The average Bonchev–Trinajstić information content (AvgIpc) is 3.11. The zero-order valence-electron chi connectivity index (χ0n) is 17.5. The SMILES string of the molecule is Cc1ccc(Nc2[nH]c(C(=O)c3ccc(Cl)cc3)c(N)c2C(=S)Cc2ccccc2)cc1. The molecule has 160 valence electrons. The molecule has 0 aliphatic rings. The zero-order valence-corrected chi connectivity index (χ0v) is 19.1. The third-order valence-electron chi connectivity index (χ3n) is 5.18. The summed E-state index contributed by atoms with van der Waals surface area (Å²) in [6.45, 7) is 2.03. The topological polar surface area (TPSA) is 70.9 Å². The maximum absolute atomic E-state index is 13.2. The van der Waals surface area contributed by atoms with Crippen LogP contribution < -0.4 is 11.1 Å². The van der Waals surface area contributed by atoms with Gasteiger partial charge in [-0.05, 0) is 48.9 Å². The number of hydrogen-bond donors (Lipinski definition) is 3. The Bertz CT molecular complexity index is 1260. The number of hydrogen-bond acceptors (Lipinski definition) is 4. The van der Waals surface area contributed by atoms with Gasteiger partial charge in [0.25, 0.3) is 0 Å². The maximum Gasteiger partial charge on any atom is 0.211 e. The van der Waals surface area contributed by atoms with Crippen LogP contribution >= 0.6 is 23.8 Å². The molecule has 0 saturated heterocycles. The molecule has 32 heavy (non-hydrogen) atoms. The molecule has 0 aliphatic heterocycles. The number of anilines is 3. The molecule has 0 fully saturated rings. The smallest absolute Gasteiger partial charge is 0.211 e. The summed E-state index contributed by atoms with van der Waals surface area (Å²) in [5, 5.41) is 3.91. The second-order valence-corrected chi connectivity index (χ2v) is 8.51. The van der Waals surface area contributed by atoms with E-state index in [1.165, 1.54) is 0 Å². The van der Waals surface area contributed by atoms with E-state index in [1.54, 1.807) is 24.3 Å². The van der Waals surface area contributed by atoms with E-state index in [-0.39, 0.29) is 5.78 Å². The summed E-state index contributed by atoms with van der Waals surface area (Å²) in [5.41, 5.74) is 11.4. The second-order valence-electron chi connectivity index (χ2n) is 7.58. The fourth-order valence-corrected chi connectivity index (χ4v) is 3.98. The number of rotatable bonds is 7. The quantitative estimate of drug-likeness (QED) is 0.218. The van der Waals surface area contributed by atoms with Gasteiger partial charge in [-0.15, -0.1) is 0 Å². The molecule has 0 atom stereocenters. The van der Waals surface area contributed by atoms with Gasteiger partial charge in [0.1, 0.15) is 11.5 Å². The van der Waals surface area contributed by atoms with Gasteiger partial charge in [0, 0.05) is 27.6 Å². The van der Waals surface area contributed by atoms with E-state index >= 15 is 0 Å². The van der Waals surface area contributed by atoms with Crippen molar-refractivity contribution >= 4 is 51.7 Å². The minimum atomic E-state index is -0.222. The second kappa shape index (κ2) is 9.39. The first-order chi connectivity index (χ1) is 15.4. The number of halogens is 1. The van der Waals surface area contributed by atoms with Crippen LogP contribution in [0.5, 0.6) is 0 Å². The van der Waals surface area contributed by atoms with Gasteiger partial charge in [-0.1, -0.05) is 71.8 Å². The minimum Gasteiger partial charge on any atom is -0.396 e. The number of nitrogens with two attached hydrogens (primary N) is 1. The van der Waals surface area contributed by atoms with Gasteiger partial charge in [-0.25, -0.2) is 0 Å². The molecule has 3 aromatic carbocycles. The van der Waals surface area contributed by atoms with Gasteiger partial charge in [-0.2, -0.15) is 0 Å². The number of nitrogen functional groups attached to an aromatic ring is 1. The van der Waals surface area contributed by atoms with Crippen LogP contribution in [0, 0.1) is 6.92 Å². The monoisotopic (exact) mass is 459 g/mol. The predicted molar refractivity (Wildman–Crippen MR) is 136 cm³/mol. The lowest BCUT2D eigenvalue weighted by Crippen LogP contribution is -2.08. The highest BCUT2D eigenvalue weighted by molar-refractivity contribution is 7.80. The molecule has 0 bridgehead atoms. The highest BCUT2D eigenvalue weighted by Gasteiger charge is 2.24. The number of benzene rings is 3. The third kappa shape index (κ3) is 4.74. The van der Waals surface area contributed by atoms with Crippen LogP contribution in [0.1, 0.15) is 32.7 Å². The number of aromatic amines is 1. The summed E-state index contributed by atoms with van der Waals surface area (Å²) in [4.78, 5) is 17.0. The average molecular weight is 460 g/mol. The molecule has 0 amide bonds. The summed E-state index contributed by atoms with van der Waals surface area (Å²) in [6, 6.07) is 24.6. The fourth-order valence-electron chi connectivity index (χ4n) is 3.47.